The van der Waals surface area contributed by atoms with Crippen molar-refractivity contribution >= 4 is 5.91 Å². The minimum absolute atomic E-state index is 0.118. The van der Waals surface area contributed by atoms with Crippen LogP contribution in [0.25, 0.3) is 0 Å². The zero-order valence-corrected chi connectivity index (χ0v) is 12.7. The lowest BCUT2D eigenvalue weighted by Gasteiger charge is -2.23. The molecule has 0 saturated carbocycles. The molecule has 1 amide bonds. The Bertz CT molecular complexity index is 381. The van der Waals surface area contributed by atoms with Crippen molar-refractivity contribution in [2.24, 2.45) is 5.92 Å². The van der Waals surface area contributed by atoms with Gasteiger partial charge in [0.25, 0.3) is 0 Å². The summed E-state index contributed by atoms with van der Waals surface area (Å²) >= 11 is 0. The molecule has 0 aliphatic rings. The molecule has 2 nitrogen and oxygen atoms in total. The quantitative estimate of drug-likeness (QED) is 0.781. The van der Waals surface area contributed by atoms with Gasteiger partial charge in [-0.25, -0.2) is 0 Å². The highest BCUT2D eigenvalue weighted by atomic mass is 16.1. The fourth-order valence-corrected chi connectivity index (χ4v) is 2.18. The Kier molecular flexibility index (Phi) is 6.61. The van der Waals surface area contributed by atoms with Crippen LogP contribution in [-0.4, -0.2) is 5.91 Å². The predicted octanol–water partition coefficient (Wildman–Crippen LogP) is 4.25. The van der Waals surface area contributed by atoms with Crippen molar-refractivity contribution in [1.82, 2.24) is 5.32 Å². The van der Waals surface area contributed by atoms with Crippen molar-refractivity contribution in [3.63, 3.8) is 0 Å². The topological polar surface area (TPSA) is 29.1 Å². The van der Waals surface area contributed by atoms with Gasteiger partial charge in [0.05, 0.1) is 6.04 Å². The van der Waals surface area contributed by atoms with Crippen LogP contribution in [0.4, 0.5) is 0 Å². The number of carbonyl (C=O) groups is 1. The average Bonchev–Trinajstić information content (AvgIpc) is 2.42. The van der Waals surface area contributed by atoms with Crippen LogP contribution in [0.15, 0.2) is 24.3 Å². The molecule has 1 unspecified atom stereocenters. The van der Waals surface area contributed by atoms with Gasteiger partial charge < -0.3 is 5.32 Å². The predicted molar refractivity (Wildman–Crippen MR) is 81.1 cm³/mol. The molecule has 0 spiro atoms. The molecule has 1 aromatic carbocycles. The van der Waals surface area contributed by atoms with E-state index in [0.29, 0.717) is 12.3 Å². The summed E-state index contributed by atoms with van der Waals surface area (Å²) in [5.41, 5.74) is 2.59. The van der Waals surface area contributed by atoms with Crippen LogP contribution in [0.5, 0.6) is 0 Å². The SMILES string of the molecule is CCCCc1ccc(C(NC(=O)CC)C(C)C)cc1. The van der Waals surface area contributed by atoms with Crippen LogP contribution in [0, 0.1) is 5.92 Å². The lowest BCUT2D eigenvalue weighted by molar-refractivity contribution is -0.121. The molecule has 1 atom stereocenters. The molecule has 0 aromatic heterocycles. The maximum absolute atomic E-state index is 11.6. The molecule has 2 heteroatoms. The Morgan fingerprint density at radius 3 is 2.26 bits per heavy atom. The Morgan fingerprint density at radius 2 is 1.79 bits per heavy atom. The van der Waals surface area contributed by atoms with Crippen molar-refractivity contribution < 1.29 is 4.79 Å². The van der Waals surface area contributed by atoms with Gasteiger partial charge in [-0.3, -0.25) is 4.79 Å². The van der Waals surface area contributed by atoms with Gasteiger partial charge in [0, 0.05) is 6.42 Å². The van der Waals surface area contributed by atoms with Crippen LogP contribution >= 0.6 is 0 Å². The van der Waals surface area contributed by atoms with E-state index in [-0.39, 0.29) is 11.9 Å². The summed E-state index contributed by atoms with van der Waals surface area (Å²) in [6.45, 7) is 8.39. The fraction of sp³-hybridized carbons (Fsp3) is 0.588. The number of benzene rings is 1. The zero-order chi connectivity index (χ0) is 14.3. The van der Waals surface area contributed by atoms with Gasteiger partial charge >= 0.3 is 0 Å². The molecule has 0 aliphatic heterocycles. The molecule has 1 rings (SSSR count). The number of unbranched alkanes of at least 4 members (excludes halogenated alkanes) is 1. The van der Waals surface area contributed by atoms with E-state index >= 15 is 0 Å². The molecule has 1 N–H and O–H groups in total. The summed E-state index contributed by atoms with van der Waals surface area (Å²) in [4.78, 5) is 11.6. The third-order valence-corrected chi connectivity index (χ3v) is 3.46. The third kappa shape index (κ3) is 5.06. The zero-order valence-electron chi connectivity index (χ0n) is 12.7. The lowest BCUT2D eigenvalue weighted by atomic mass is 9.94. The Balaban J connectivity index is 2.76. The van der Waals surface area contributed by atoms with Gasteiger partial charge in [0.2, 0.25) is 5.91 Å². The molecule has 0 heterocycles. The monoisotopic (exact) mass is 261 g/mol. The van der Waals surface area contributed by atoms with E-state index in [1.165, 1.54) is 24.0 Å². The van der Waals surface area contributed by atoms with Gasteiger partial charge in [-0.05, 0) is 29.9 Å². The van der Waals surface area contributed by atoms with Gasteiger partial charge in [-0.1, -0.05) is 58.4 Å². The second-order valence-corrected chi connectivity index (χ2v) is 5.49. The average molecular weight is 261 g/mol. The van der Waals surface area contributed by atoms with Crippen LogP contribution in [0.1, 0.15) is 64.1 Å². The van der Waals surface area contributed by atoms with Crippen molar-refractivity contribution in [2.75, 3.05) is 0 Å². The fourth-order valence-electron chi connectivity index (χ4n) is 2.18. The first-order chi connectivity index (χ1) is 9.08. The number of rotatable bonds is 7. The molecule has 0 radical (unpaired) electrons. The van der Waals surface area contributed by atoms with Gasteiger partial charge in [0.15, 0.2) is 0 Å². The number of hydrogen-bond acceptors (Lipinski definition) is 1. The summed E-state index contributed by atoms with van der Waals surface area (Å²) in [5.74, 6) is 0.519. The molecular weight excluding hydrogens is 234 g/mol. The van der Waals surface area contributed by atoms with Crippen LogP contribution < -0.4 is 5.32 Å². The van der Waals surface area contributed by atoms with Gasteiger partial charge in [0.1, 0.15) is 0 Å². The Morgan fingerprint density at radius 1 is 1.16 bits per heavy atom. The molecule has 0 aliphatic carbocycles. The van der Waals surface area contributed by atoms with Crippen molar-refractivity contribution in [1.29, 1.82) is 0 Å². The van der Waals surface area contributed by atoms with E-state index in [1.807, 2.05) is 6.92 Å². The molecule has 0 saturated heterocycles. The van der Waals surface area contributed by atoms with E-state index in [9.17, 15) is 4.79 Å². The maximum Gasteiger partial charge on any atom is 0.220 e. The van der Waals surface area contributed by atoms with E-state index in [1.54, 1.807) is 0 Å². The van der Waals surface area contributed by atoms with Crippen LogP contribution in [0.3, 0.4) is 0 Å². The number of amides is 1. The summed E-state index contributed by atoms with van der Waals surface area (Å²) in [6, 6.07) is 8.82. The van der Waals surface area contributed by atoms with Gasteiger partial charge in [-0.2, -0.15) is 0 Å². The number of aryl methyl sites for hydroxylation is 1. The summed E-state index contributed by atoms with van der Waals surface area (Å²) in [5, 5.41) is 3.11. The van der Waals surface area contributed by atoms with E-state index in [2.05, 4.69) is 50.4 Å². The summed E-state index contributed by atoms with van der Waals surface area (Å²) < 4.78 is 0. The Hall–Kier alpha value is -1.31. The van der Waals surface area contributed by atoms with Crippen LogP contribution in [-0.2, 0) is 11.2 Å². The highest BCUT2D eigenvalue weighted by molar-refractivity contribution is 5.76. The maximum atomic E-state index is 11.6. The second kappa shape index (κ2) is 7.98. The first kappa shape index (κ1) is 15.7. The van der Waals surface area contributed by atoms with E-state index < -0.39 is 0 Å². The number of carbonyl (C=O) groups excluding carboxylic acids is 1. The smallest absolute Gasteiger partial charge is 0.220 e. The molecule has 106 valence electrons. The largest absolute Gasteiger partial charge is 0.349 e. The van der Waals surface area contributed by atoms with Crippen molar-refractivity contribution in [3.8, 4) is 0 Å². The molecule has 0 fully saturated rings. The second-order valence-electron chi connectivity index (χ2n) is 5.49. The van der Waals surface area contributed by atoms with E-state index in [0.717, 1.165) is 6.42 Å². The van der Waals surface area contributed by atoms with Gasteiger partial charge in [-0.15, -0.1) is 0 Å². The highest BCUT2D eigenvalue weighted by Crippen LogP contribution is 2.22. The summed E-state index contributed by atoms with van der Waals surface area (Å²) in [7, 11) is 0. The molecular formula is C17H27NO. The van der Waals surface area contributed by atoms with Crippen molar-refractivity contribution in [3.05, 3.63) is 35.4 Å². The molecule has 0 bridgehead atoms. The number of nitrogens with one attached hydrogen (secondary N) is 1. The first-order valence-electron chi connectivity index (χ1n) is 7.46. The van der Waals surface area contributed by atoms with Crippen molar-refractivity contribution in [2.45, 2.75) is 59.4 Å². The Labute approximate surface area is 117 Å². The third-order valence-electron chi connectivity index (χ3n) is 3.46. The number of hydrogen-bond donors (Lipinski definition) is 1. The lowest BCUT2D eigenvalue weighted by Crippen LogP contribution is -2.31. The minimum atomic E-state index is 0.118. The molecule has 19 heavy (non-hydrogen) atoms. The normalized spacial score (nSPS) is 12.5. The van der Waals surface area contributed by atoms with E-state index in [4.69, 9.17) is 0 Å². The standard InChI is InChI=1S/C17H27NO/c1-5-7-8-14-9-11-15(12-10-14)17(13(3)4)18-16(19)6-2/h9-13,17H,5-8H2,1-4H3,(H,18,19). The minimum Gasteiger partial charge on any atom is -0.349 e. The van der Waals surface area contributed by atoms with Crippen LogP contribution in [0.2, 0.25) is 0 Å². The highest BCUT2D eigenvalue weighted by Gasteiger charge is 2.17. The summed E-state index contributed by atoms with van der Waals surface area (Å²) in [6.07, 6.45) is 4.14. The molecule has 1 aromatic rings. The first-order valence-corrected chi connectivity index (χ1v) is 7.46.